The number of nitrogens with one attached hydrogen (secondary N) is 1. The van der Waals surface area contributed by atoms with Crippen LogP contribution in [0.25, 0.3) is 0 Å². The third-order valence-electron chi connectivity index (χ3n) is 4.59. The lowest BCUT2D eigenvalue weighted by atomic mass is 9.81. The van der Waals surface area contributed by atoms with Crippen LogP contribution in [-0.4, -0.2) is 31.1 Å². The Morgan fingerprint density at radius 1 is 1.25 bits per heavy atom. The standard InChI is InChI=1S/C17H32N2S/c1-7-17(8-2,12-18-14(3)4)13-19(6)15(5)16-10-9-11-20-16/h9-11,14-15,18H,7-8,12-13H2,1-6H3. The molecule has 0 radical (unpaired) electrons. The summed E-state index contributed by atoms with van der Waals surface area (Å²) in [7, 11) is 2.26. The lowest BCUT2D eigenvalue weighted by Gasteiger charge is -2.38. The number of thiophene rings is 1. The first-order valence-electron chi connectivity index (χ1n) is 7.91. The number of hydrogen-bond acceptors (Lipinski definition) is 3. The predicted molar refractivity (Wildman–Crippen MR) is 91.5 cm³/mol. The average Bonchev–Trinajstić information content (AvgIpc) is 2.96. The van der Waals surface area contributed by atoms with Gasteiger partial charge in [-0.2, -0.15) is 0 Å². The Morgan fingerprint density at radius 3 is 2.35 bits per heavy atom. The summed E-state index contributed by atoms with van der Waals surface area (Å²) in [5, 5.41) is 5.82. The molecule has 116 valence electrons. The van der Waals surface area contributed by atoms with Crippen molar-refractivity contribution >= 4 is 11.3 Å². The van der Waals surface area contributed by atoms with Crippen molar-refractivity contribution in [1.29, 1.82) is 0 Å². The second-order valence-corrected chi connectivity index (χ2v) is 7.33. The van der Waals surface area contributed by atoms with Crippen molar-refractivity contribution < 1.29 is 0 Å². The molecule has 3 heteroatoms. The molecule has 1 aromatic heterocycles. The lowest BCUT2D eigenvalue weighted by molar-refractivity contribution is 0.126. The summed E-state index contributed by atoms with van der Waals surface area (Å²) in [6, 6.07) is 5.47. The molecule has 0 aliphatic carbocycles. The van der Waals surface area contributed by atoms with Gasteiger partial charge in [-0.1, -0.05) is 33.8 Å². The van der Waals surface area contributed by atoms with E-state index in [1.807, 2.05) is 11.3 Å². The van der Waals surface area contributed by atoms with E-state index in [1.165, 1.54) is 17.7 Å². The zero-order valence-electron chi connectivity index (χ0n) is 14.1. The van der Waals surface area contributed by atoms with Crippen molar-refractivity contribution in [2.45, 2.75) is 59.5 Å². The molecule has 1 unspecified atom stereocenters. The summed E-state index contributed by atoms with van der Waals surface area (Å²) in [5.41, 5.74) is 0.380. The van der Waals surface area contributed by atoms with Gasteiger partial charge in [-0.3, -0.25) is 4.90 Å². The minimum absolute atomic E-state index is 0.380. The van der Waals surface area contributed by atoms with E-state index in [1.54, 1.807) is 0 Å². The van der Waals surface area contributed by atoms with E-state index < -0.39 is 0 Å². The molecule has 1 N–H and O–H groups in total. The van der Waals surface area contributed by atoms with E-state index in [2.05, 4.69) is 69.4 Å². The van der Waals surface area contributed by atoms with Crippen LogP contribution >= 0.6 is 11.3 Å². The Hall–Kier alpha value is -0.380. The summed E-state index contributed by atoms with van der Waals surface area (Å²) < 4.78 is 0. The summed E-state index contributed by atoms with van der Waals surface area (Å²) in [5.74, 6) is 0. The Labute approximate surface area is 129 Å². The second-order valence-electron chi connectivity index (χ2n) is 6.35. The molecule has 1 atom stereocenters. The van der Waals surface area contributed by atoms with E-state index in [9.17, 15) is 0 Å². The smallest absolute Gasteiger partial charge is 0.0410 e. The molecule has 1 rings (SSSR count). The molecule has 0 aliphatic heterocycles. The highest BCUT2D eigenvalue weighted by Gasteiger charge is 2.29. The van der Waals surface area contributed by atoms with E-state index in [-0.39, 0.29) is 0 Å². The van der Waals surface area contributed by atoms with Gasteiger partial charge < -0.3 is 5.32 Å². The molecule has 0 saturated carbocycles. The Balaban J connectivity index is 2.68. The van der Waals surface area contributed by atoms with Gasteiger partial charge in [0, 0.05) is 30.1 Å². The fraction of sp³-hybridized carbons (Fsp3) is 0.765. The summed E-state index contributed by atoms with van der Waals surface area (Å²) in [6.07, 6.45) is 2.45. The molecular weight excluding hydrogens is 264 g/mol. The highest BCUT2D eigenvalue weighted by molar-refractivity contribution is 7.10. The van der Waals surface area contributed by atoms with Crippen LogP contribution in [0, 0.1) is 5.41 Å². The predicted octanol–water partition coefficient (Wildman–Crippen LogP) is 4.55. The van der Waals surface area contributed by atoms with Crippen LogP contribution in [-0.2, 0) is 0 Å². The van der Waals surface area contributed by atoms with Gasteiger partial charge in [0.1, 0.15) is 0 Å². The van der Waals surface area contributed by atoms with Crippen LogP contribution in [0.4, 0.5) is 0 Å². The van der Waals surface area contributed by atoms with Crippen LogP contribution in [0.15, 0.2) is 17.5 Å². The molecule has 0 amide bonds. The zero-order valence-corrected chi connectivity index (χ0v) is 14.9. The maximum absolute atomic E-state index is 3.64. The topological polar surface area (TPSA) is 15.3 Å². The monoisotopic (exact) mass is 296 g/mol. The number of nitrogens with zero attached hydrogens (tertiary/aromatic N) is 1. The zero-order chi connectivity index (χ0) is 15.2. The van der Waals surface area contributed by atoms with Gasteiger partial charge in [0.15, 0.2) is 0 Å². The normalized spacial score (nSPS) is 14.2. The van der Waals surface area contributed by atoms with Crippen LogP contribution in [0.1, 0.15) is 58.4 Å². The van der Waals surface area contributed by atoms with Gasteiger partial charge in [-0.25, -0.2) is 0 Å². The second kappa shape index (κ2) is 8.16. The molecule has 0 aliphatic rings. The van der Waals surface area contributed by atoms with E-state index >= 15 is 0 Å². The van der Waals surface area contributed by atoms with E-state index in [4.69, 9.17) is 0 Å². The SMILES string of the molecule is CCC(CC)(CNC(C)C)CN(C)C(C)c1cccs1. The Bertz CT molecular complexity index is 355. The first-order chi connectivity index (χ1) is 9.44. The molecule has 0 saturated heterocycles. The first kappa shape index (κ1) is 17.7. The van der Waals surface area contributed by atoms with Crippen LogP contribution < -0.4 is 5.32 Å². The molecule has 0 spiro atoms. The Kier molecular flexibility index (Phi) is 7.21. The van der Waals surface area contributed by atoms with Gasteiger partial charge in [-0.15, -0.1) is 11.3 Å². The third-order valence-corrected chi connectivity index (χ3v) is 5.63. The number of rotatable bonds is 9. The minimum Gasteiger partial charge on any atom is -0.314 e. The molecular formula is C17H32N2S. The Morgan fingerprint density at radius 2 is 1.90 bits per heavy atom. The highest BCUT2D eigenvalue weighted by Crippen LogP contribution is 2.31. The van der Waals surface area contributed by atoms with Crippen LogP contribution in [0.3, 0.4) is 0 Å². The number of hydrogen-bond donors (Lipinski definition) is 1. The van der Waals surface area contributed by atoms with Crippen molar-refractivity contribution in [2.24, 2.45) is 5.41 Å². The van der Waals surface area contributed by atoms with Crippen molar-refractivity contribution in [1.82, 2.24) is 10.2 Å². The average molecular weight is 297 g/mol. The maximum atomic E-state index is 3.64. The van der Waals surface area contributed by atoms with Gasteiger partial charge in [0.25, 0.3) is 0 Å². The highest BCUT2D eigenvalue weighted by atomic mass is 32.1. The molecule has 2 nitrogen and oxygen atoms in total. The quantitative estimate of drug-likeness (QED) is 0.719. The lowest BCUT2D eigenvalue weighted by Crippen LogP contribution is -2.44. The molecule has 1 heterocycles. The van der Waals surface area contributed by atoms with Crippen molar-refractivity contribution in [2.75, 3.05) is 20.1 Å². The third kappa shape index (κ3) is 4.87. The maximum Gasteiger partial charge on any atom is 0.0410 e. The van der Waals surface area contributed by atoms with Gasteiger partial charge in [0.2, 0.25) is 0 Å². The molecule has 0 aromatic carbocycles. The molecule has 1 aromatic rings. The molecule has 0 fully saturated rings. The van der Waals surface area contributed by atoms with E-state index in [0.717, 1.165) is 13.1 Å². The molecule has 20 heavy (non-hydrogen) atoms. The minimum atomic E-state index is 0.380. The van der Waals surface area contributed by atoms with Gasteiger partial charge in [-0.05, 0) is 43.7 Å². The van der Waals surface area contributed by atoms with Crippen molar-refractivity contribution in [3.8, 4) is 0 Å². The van der Waals surface area contributed by atoms with Gasteiger partial charge >= 0.3 is 0 Å². The summed E-state index contributed by atoms with van der Waals surface area (Å²) in [4.78, 5) is 3.98. The van der Waals surface area contributed by atoms with E-state index in [0.29, 0.717) is 17.5 Å². The van der Waals surface area contributed by atoms with Crippen LogP contribution in [0.2, 0.25) is 0 Å². The largest absolute Gasteiger partial charge is 0.314 e. The van der Waals surface area contributed by atoms with Crippen molar-refractivity contribution in [3.63, 3.8) is 0 Å². The molecule has 0 bridgehead atoms. The fourth-order valence-corrected chi connectivity index (χ4v) is 3.46. The fourth-order valence-electron chi connectivity index (χ4n) is 2.61. The summed E-state index contributed by atoms with van der Waals surface area (Å²) >= 11 is 1.86. The van der Waals surface area contributed by atoms with Gasteiger partial charge in [0.05, 0.1) is 0 Å². The summed E-state index contributed by atoms with van der Waals surface area (Å²) in [6.45, 7) is 13.7. The van der Waals surface area contributed by atoms with Crippen LogP contribution in [0.5, 0.6) is 0 Å². The first-order valence-corrected chi connectivity index (χ1v) is 8.79. The van der Waals surface area contributed by atoms with Crippen molar-refractivity contribution in [3.05, 3.63) is 22.4 Å².